The van der Waals surface area contributed by atoms with Gasteiger partial charge >= 0.3 is 5.69 Å². The summed E-state index contributed by atoms with van der Waals surface area (Å²) in [6.07, 6.45) is 8.08. The molecule has 1 fully saturated rings. The summed E-state index contributed by atoms with van der Waals surface area (Å²) in [6, 6.07) is 18.5. The summed E-state index contributed by atoms with van der Waals surface area (Å²) in [5, 5.41) is 29.3. The SMILES string of the molecule is CC(C)c1cc(-c2n[nH]c(=O)n2-c2ccc3c(ccn3CCC3CCN(C(=O)c4ccc(CCc5c[nH]c6nc(N)[nH]c(=O)c56)cc4)CC3)c2)c(O)cc1O. The van der Waals surface area contributed by atoms with E-state index in [9.17, 15) is 24.6 Å². The molecular weight excluding hydrogens is 699 g/mol. The molecule has 0 saturated carbocycles. The van der Waals surface area contributed by atoms with E-state index < -0.39 is 5.69 Å². The molecule has 14 nitrogen and oxygen atoms in total. The zero-order valence-electron chi connectivity index (χ0n) is 30.7. The number of nitrogens with zero attached hydrogens (tertiary/aromatic N) is 5. The van der Waals surface area contributed by atoms with E-state index >= 15 is 0 Å². The molecule has 0 bridgehead atoms. The smallest absolute Gasteiger partial charge is 0.348 e. The molecule has 4 aromatic heterocycles. The van der Waals surface area contributed by atoms with Crippen molar-refractivity contribution < 1.29 is 15.0 Å². The van der Waals surface area contributed by atoms with Crippen LogP contribution in [0.3, 0.4) is 0 Å². The quantitative estimate of drug-likeness (QED) is 0.104. The van der Waals surface area contributed by atoms with Crippen molar-refractivity contribution in [3.05, 3.63) is 116 Å². The van der Waals surface area contributed by atoms with Gasteiger partial charge in [0.2, 0.25) is 5.95 Å². The van der Waals surface area contributed by atoms with Crippen LogP contribution in [0.5, 0.6) is 11.5 Å². The van der Waals surface area contributed by atoms with Gasteiger partial charge in [0.05, 0.1) is 16.6 Å². The fourth-order valence-corrected chi connectivity index (χ4v) is 7.81. The number of carbonyl (C=O) groups excluding carboxylic acids is 1. The van der Waals surface area contributed by atoms with E-state index in [0.29, 0.717) is 65.3 Å². The molecule has 55 heavy (non-hydrogen) atoms. The number of hydrogen-bond acceptors (Lipinski definition) is 8. The van der Waals surface area contributed by atoms with Crippen LogP contribution in [0.2, 0.25) is 0 Å². The third-order valence-electron chi connectivity index (χ3n) is 10.9. The summed E-state index contributed by atoms with van der Waals surface area (Å²) >= 11 is 0. The van der Waals surface area contributed by atoms with Gasteiger partial charge in [-0.3, -0.25) is 14.6 Å². The van der Waals surface area contributed by atoms with Crippen molar-refractivity contribution in [1.29, 1.82) is 0 Å². The van der Waals surface area contributed by atoms with Crippen LogP contribution in [0.15, 0.2) is 82.6 Å². The van der Waals surface area contributed by atoms with Crippen LogP contribution in [0, 0.1) is 5.92 Å². The Bertz CT molecular complexity index is 2660. The van der Waals surface area contributed by atoms with E-state index in [0.717, 1.165) is 47.8 Å². The summed E-state index contributed by atoms with van der Waals surface area (Å²) in [4.78, 5) is 50.4. The number of aryl methyl sites for hydroxylation is 3. The Morgan fingerprint density at radius 3 is 2.53 bits per heavy atom. The molecule has 1 saturated heterocycles. The highest BCUT2D eigenvalue weighted by atomic mass is 16.3. The number of phenolic OH excluding ortho intramolecular Hbond substituents is 2. The molecule has 14 heteroatoms. The van der Waals surface area contributed by atoms with Crippen LogP contribution in [0.1, 0.15) is 66.1 Å². The summed E-state index contributed by atoms with van der Waals surface area (Å²) < 4.78 is 3.66. The maximum Gasteiger partial charge on any atom is 0.348 e. The Balaban J connectivity index is 0.867. The number of nitrogen functional groups attached to an aromatic ring is 1. The summed E-state index contributed by atoms with van der Waals surface area (Å²) in [6.45, 7) is 6.14. The van der Waals surface area contributed by atoms with Gasteiger partial charge in [0.25, 0.3) is 11.5 Å². The Morgan fingerprint density at radius 1 is 0.982 bits per heavy atom. The van der Waals surface area contributed by atoms with Crippen molar-refractivity contribution in [2.45, 2.75) is 58.4 Å². The van der Waals surface area contributed by atoms with Crippen molar-refractivity contribution in [3.8, 4) is 28.6 Å². The first-order chi connectivity index (χ1) is 26.5. The minimum atomic E-state index is -0.434. The predicted molar refractivity (Wildman–Crippen MR) is 211 cm³/mol. The van der Waals surface area contributed by atoms with Gasteiger partial charge in [-0.15, -0.1) is 0 Å². The topological polar surface area (TPSA) is 204 Å². The molecule has 0 radical (unpaired) electrons. The number of anilines is 1. The highest BCUT2D eigenvalue weighted by Gasteiger charge is 2.24. The van der Waals surface area contributed by atoms with Gasteiger partial charge in [-0.05, 0) is 103 Å². The van der Waals surface area contributed by atoms with Gasteiger partial charge in [0.15, 0.2) is 5.82 Å². The number of piperidine rings is 1. The number of amides is 1. The van der Waals surface area contributed by atoms with Gasteiger partial charge in [-0.2, -0.15) is 10.1 Å². The van der Waals surface area contributed by atoms with E-state index in [1.165, 1.54) is 10.6 Å². The number of hydrogen-bond donors (Lipinski definition) is 6. The minimum Gasteiger partial charge on any atom is -0.508 e. The lowest BCUT2D eigenvalue weighted by Crippen LogP contribution is -2.38. The zero-order valence-corrected chi connectivity index (χ0v) is 30.7. The first-order valence-electron chi connectivity index (χ1n) is 18.6. The van der Waals surface area contributed by atoms with Gasteiger partial charge < -0.3 is 30.4 Å². The molecule has 1 aliphatic heterocycles. The second-order valence-corrected chi connectivity index (χ2v) is 14.7. The Hall–Kier alpha value is -6.57. The molecule has 1 amide bonds. The number of phenols is 2. The lowest BCUT2D eigenvalue weighted by molar-refractivity contribution is 0.0685. The average molecular weight is 742 g/mol. The normalized spacial score (nSPS) is 13.8. The number of aromatic nitrogens is 7. The zero-order chi connectivity index (χ0) is 38.4. The number of rotatable bonds is 10. The first kappa shape index (κ1) is 35.5. The van der Waals surface area contributed by atoms with Crippen LogP contribution >= 0.6 is 0 Å². The number of likely N-dealkylation sites (tertiary alicyclic amines) is 1. The number of aromatic hydroxyl groups is 2. The molecule has 5 heterocycles. The molecule has 8 rings (SSSR count). The predicted octanol–water partition coefficient (Wildman–Crippen LogP) is 5.59. The van der Waals surface area contributed by atoms with E-state index in [1.807, 2.05) is 67.3 Å². The van der Waals surface area contributed by atoms with Crippen LogP contribution in [0.4, 0.5) is 5.95 Å². The maximum atomic E-state index is 13.4. The number of benzene rings is 3. The minimum absolute atomic E-state index is 0.00114. The Morgan fingerprint density at radius 2 is 1.76 bits per heavy atom. The van der Waals surface area contributed by atoms with Crippen LogP contribution in [-0.4, -0.2) is 68.4 Å². The van der Waals surface area contributed by atoms with E-state index in [1.54, 1.807) is 12.3 Å². The van der Waals surface area contributed by atoms with E-state index in [-0.39, 0.29) is 40.7 Å². The van der Waals surface area contributed by atoms with Crippen LogP contribution in [0.25, 0.3) is 39.0 Å². The molecule has 0 atom stereocenters. The molecule has 0 spiro atoms. The fourth-order valence-electron chi connectivity index (χ4n) is 7.81. The van der Waals surface area contributed by atoms with Crippen molar-refractivity contribution in [2.75, 3.05) is 18.8 Å². The van der Waals surface area contributed by atoms with E-state index in [2.05, 4.69) is 35.9 Å². The number of carbonyl (C=O) groups is 1. The van der Waals surface area contributed by atoms with Crippen LogP contribution in [-0.2, 0) is 19.4 Å². The van der Waals surface area contributed by atoms with Gasteiger partial charge in [-0.1, -0.05) is 26.0 Å². The van der Waals surface area contributed by atoms with Crippen molar-refractivity contribution >= 4 is 33.8 Å². The van der Waals surface area contributed by atoms with E-state index in [4.69, 9.17) is 5.73 Å². The Labute approximate surface area is 315 Å². The monoisotopic (exact) mass is 741 g/mol. The van der Waals surface area contributed by atoms with Crippen molar-refractivity contribution in [2.24, 2.45) is 5.92 Å². The number of fused-ring (bicyclic) bond motifs is 2. The van der Waals surface area contributed by atoms with Crippen LogP contribution < -0.4 is 17.0 Å². The molecular formula is C41H43N9O5. The van der Waals surface area contributed by atoms with Crippen molar-refractivity contribution in [1.82, 2.24) is 39.2 Å². The molecule has 7 N–H and O–H groups in total. The highest BCUT2D eigenvalue weighted by Crippen LogP contribution is 2.37. The van der Waals surface area contributed by atoms with Crippen molar-refractivity contribution in [3.63, 3.8) is 0 Å². The highest BCUT2D eigenvalue weighted by molar-refractivity contribution is 5.94. The molecule has 7 aromatic rings. The number of nitrogens with one attached hydrogen (secondary N) is 3. The standard InChI is InChI=1S/C41H43N9O5/c1-23(2)30-20-31(34(52)21-33(30)51)37-46-47-41(55)50(37)29-9-10-32-27(19-29)14-18-48(32)15-11-25-12-16-49(17-13-25)39(54)26-6-3-24(4-7-26)5-8-28-22-43-36-35(28)38(53)45-40(42)44-36/h3-4,6-7,9-10,14,18-23,25,51-52H,5,8,11-13,15-17H2,1-2H3,(H,47,55)(H4,42,43,44,45,53). The number of H-pyrrole nitrogens is 3. The summed E-state index contributed by atoms with van der Waals surface area (Å²) in [7, 11) is 0. The van der Waals surface area contributed by atoms with Gasteiger partial charge in [-0.25, -0.2) is 14.5 Å². The van der Waals surface area contributed by atoms with Gasteiger partial charge in [0, 0.05) is 54.6 Å². The summed E-state index contributed by atoms with van der Waals surface area (Å²) in [5.41, 5.74) is 10.7. The third-order valence-corrected chi connectivity index (χ3v) is 10.9. The molecule has 3 aromatic carbocycles. The number of aromatic amines is 3. The summed E-state index contributed by atoms with van der Waals surface area (Å²) in [5.74, 6) is 0.699. The Kier molecular flexibility index (Phi) is 9.25. The average Bonchev–Trinajstić information content (AvgIpc) is 3.89. The lowest BCUT2D eigenvalue weighted by atomic mass is 9.93. The maximum absolute atomic E-state index is 13.4. The van der Waals surface area contributed by atoms with Gasteiger partial charge in [0.1, 0.15) is 17.1 Å². The lowest BCUT2D eigenvalue weighted by Gasteiger charge is -2.32. The fraction of sp³-hybridized carbons (Fsp3) is 0.293. The molecule has 0 unspecified atom stereocenters. The second kappa shape index (κ2) is 14.3. The molecule has 0 aliphatic carbocycles. The first-order valence-corrected chi connectivity index (χ1v) is 18.6. The molecule has 282 valence electrons. The second-order valence-electron chi connectivity index (χ2n) is 14.7. The largest absolute Gasteiger partial charge is 0.508 e. The number of nitrogens with two attached hydrogens (primary N) is 1. The molecule has 1 aliphatic rings. The third kappa shape index (κ3) is 6.86.